The van der Waals surface area contributed by atoms with Gasteiger partial charge in [0.15, 0.2) is 11.6 Å². The van der Waals surface area contributed by atoms with E-state index in [4.69, 9.17) is 4.74 Å². The molecule has 1 aliphatic rings. The largest absolute Gasteiger partial charge is 0.494 e. The van der Waals surface area contributed by atoms with Gasteiger partial charge in [-0.25, -0.2) is 4.39 Å². The lowest BCUT2D eigenvalue weighted by Crippen LogP contribution is -2.34. The van der Waals surface area contributed by atoms with Gasteiger partial charge in [-0.15, -0.1) is 0 Å². The highest BCUT2D eigenvalue weighted by molar-refractivity contribution is 6.00. The summed E-state index contributed by atoms with van der Waals surface area (Å²) in [7, 11) is 3.08. The Bertz CT molecular complexity index is 867. The van der Waals surface area contributed by atoms with Crippen LogP contribution in [0.3, 0.4) is 0 Å². The number of anilines is 1. The van der Waals surface area contributed by atoms with Crippen molar-refractivity contribution in [3.8, 4) is 5.75 Å². The molecule has 0 bridgehead atoms. The zero-order valence-corrected chi connectivity index (χ0v) is 16.4. The molecule has 1 aliphatic heterocycles. The van der Waals surface area contributed by atoms with Crippen molar-refractivity contribution in [3.63, 3.8) is 0 Å². The topological polar surface area (TPSA) is 49.9 Å². The molecule has 2 amide bonds. The first-order valence-corrected chi connectivity index (χ1v) is 9.39. The highest BCUT2D eigenvalue weighted by Crippen LogP contribution is 2.27. The van der Waals surface area contributed by atoms with Crippen LogP contribution in [0.4, 0.5) is 10.1 Å². The lowest BCUT2D eigenvalue weighted by molar-refractivity contribution is -0.135. The first-order valence-electron chi connectivity index (χ1n) is 9.39. The van der Waals surface area contributed by atoms with Crippen molar-refractivity contribution in [1.82, 2.24) is 4.90 Å². The summed E-state index contributed by atoms with van der Waals surface area (Å²) in [5, 5.41) is 0. The smallest absolute Gasteiger partial charge is 0.228 e. The van der Waals surface area contributed by atoms with Gasteiger partial charge in [-0.1, -0.05) is 25.1 Å². The molecule has 3 rings (SSSR count). The van der Waals surface area contributed by atoms with Gasteiger partial charge in [0, 0.05) is 32.2 Å². The number of nitrogens with zero attached hydrogens (tertiary/aromatic N) is 2. The molecule has 1 heterocycles. The SMILES string of the molecule is CCc1ccc(N2CC(C(=O)N(C)Cc3ccc(OC)c(F)c3)CC2=O)cc1. The third-order valence-corrected chi connectivity index (χ3v) is 5.14. The highest BCUT2D eigenvalue weighted by Gasteiger charge is 2.36. The maximum atomic E-state index is 13.9. The van der Waals surface area contributed by atoms with E-state index in [0.29, 0.717) is 12.1 Å². The number of halogens is 1. The monoisotopic (exact) mass is 384 g/mol. The molecule has 1 unspecified atom stereocenters. The van der Waals surface area contributed by atoms with E-state index < -0.39 is 11.7 Å². The van der Waals surface area contributed by atoms with E-state index in [-0.39, 0.29) is 30.5 Å². The summed E-state index contributed by atoms with van der Waals surface area (Å²) in [6.07, 6.45) is 1.13. The molecule has 28 heavy (non-hydrogen) atoms. The van der Waals surface area contributed by atoms with Gasteiger partial charge in [0.1, 0.15) is 0 Å². The van der Waals surface area contributed by atoms with Crippen LogP contribution in [0.5, 0.6) is 5.75 Å². The minimum Gasteiger partial charge on any atom is -0.494 e. The van der Waals surface area contributed by atoms with Crippen molar-refractivity contribution in [3.05, 3.63) is 59.4 Å². The fourth-order valence-corrected chi connectivity index (χ4v) is 3.51. The van der Waals surface area contributed by atoms with E-state index in [1.807, 2.05) is 24.3 Å². The summed E-state index contributed by atoms with van der Waals surface area (Å²) >= 11 is 0. The Morgan fingerprint density at radius 3 is 2.50 bits per heavy atom. The van der Waals surface area contributed by atoms with Crippen molar-refractivity contribution in [2.75, 3.05) is 25.6 Å². The van der Waals surface area contributed by atoms with Crippen molar-refractivity contribution < 1.29 is 18.7 Å². The summed E-state index contributed by atoms with van der Waals surface area (Å²) in [6, 6.07) is 12.5. The van der Waals surface area contributed by atoms with Gasteiger partial charge in [-0.05, 0) is 41.8 Å². The third kappa shape index (κ3) is 4.16. The molecule has 0 spiro atoms. The number of amides is 2. The fourth-order valence-electron chi connectivity index (χ4n) is 3.51. The molecule has 5 nitrogen and oxygen atoms in total. The second-order valence-electron chi connectivity index (χ2n) is 7.09. The maximum Gasteiger partial charge on any atom is 0.228 e. The Balaban J connectivity index is 1.65. The fraction of sp³-hybridized carbons (Fsp3) is 0.364. The van der Waals surface area contributed by atoms with Gasteiger partial charge in [-0.2, -0.15) is 0 Å². The van der Waals surface area contributed by atoms with Gasteiger partial charge in [-0.3, -0.25) is 9.59 Å². The second-order valence-corrected chi connectivity index (χ2v) is 7.09. The van der Waals surface area contributed by atoms with Crippen molar-refractivity contribution >= 4 is 17.5 Å². The zero-order chi connectivity index (χ0) is 20.3. The van der Waals surface area contributed by atoms with E-state index in [1.54, 1.807) is 29.0 Å². The predicted molar refractivity (Wildman–Crippen MR) is 106 cm³/mol. The Morgan fingerprint density at radius 1 is 1.21 bits per heavy atom. The second kappa shape index (κ2) is 8.42. The molecule has 2 aromatic carbocycles. The quantitative estimate of drug-likeness (QED) is 0.767. The predicted octanol–water partition coefficient (Wildman–Crippen LogP) is 3.41. The number of aryl methyl sites for hydroxylation is 1. The number of benzene rings is 2. The third-order valence-electron chi connectivity index (χ3n) is 5.14. The Morgan fingerprint density at radius 2 is 1.89 bits per heavy atom. The lowest BCUT2D eigenvalue weighted by atomic mass is 10.1. The first kappa shape index (κ1) is 19.9. The summed E-state index contributed by atoms with van der Waals surface area (Å²) in [5.74, 6) is -0.849. The molecule has 0 N–H and O–H groups in total. The Kier molecular flexibility index (Phi) is 5.97. The summed E-state index contributed by atoms with van der Waals surface area (Å²) < 4.78 is 18.8. The molecular formula is C22H25FN2O3. The molecule has 1 saturated heterocycles. The number of rotatable bonds is 6. The molecule has 0 radical (unpaired) electrons. The normalized spacial score (nSPS) is 16.4. The molecule has 0 aromatic heterocycles. The average molecular weight is 384 g/mol. The molecular weight excluding hydrogens is 359 g/mol. The summed E-state index contributed by atoms with van der Waals surface area (Å²) in [5.41, 5.74) is 2.69. The van der Waals surface area contributed by atoms with Crippen LogP contribution in [0.2, 0.25) is 0 Å². The van der Waals surface area contributed by atoms with Crippen LogP contribution in [-0.2, 0) is 22.6 Å². The van der Waals surface area contributed by atoms with Crippen LogP contribution in [-0.4, -0.2) is 37.4 Å². The molecule has 2 aromatic rings. The molecule has 0 aliphatic carbocycles. The minimum atomic E-state index is -0.460. The number of ether oxygens (including phenoxy) is 1. The lowest BCUT2D eigenvalue weighted by Gasteiger charge is -2.22. The number of methoxy groups -OCH3 is 1. The zero-order valence-electron chi connectivity index (χ0n) is 16.4. The number of hydrogen-bond donors (Lipinski definition) is 0. The molecule has 0 saturated carbocycles. The maximum absolute atomic E-state index is 13.9. The van der Waals surface area contributed by atoms with Crippen LogP contribution in [0, 0.1) is 11.7 Å². The van der Waals surface area contributed by atoms with E-state index in [1.165, 1.54) is 18.7 Å². The molecule has 1 atom stereocenters. The Hall–Kier alpha value is -2.89. The van der Waals surface area contributed by atoms with E-state index in [2.05, 4.69) is 6.92 Å². The van der Waals surface area contributed by atoms with Crippen molar-refractivity contribution in [2.24, 2.45) is 5.92 Å². The average Bonchev–Trinajstić information content (AvgIpc) is 3.09. The number of carbonyl (C=O) groups is 2. The van der Waals surface area contributed by atoms with Gasteiger partial charge in [0.05, 0.1) is 13.0 Å². The van der Waals surface area contributed by atoms with E-state index in [9.17, 15) is 14.0 Å². The van der Waals surface area contributed by atoms with Gasteiger partial charge in [0.2, 0.25) is 11.8 Å². The molecule has 6 heteroatoms. The van der Waals surface area contributed by atoms with Crippen LogP contribution < -0.4 is 9.64 Å². The number of carbonyl (C=O) groups excluding carboxylic acids is 2. The van der Waals surface area contributed by atoms with E-state index >= 15 is 0 Å². The summed E-state index contributed by atoms with van der Waals surface area (Å²) in [6.45, 7) is 2.72. The Labute approximate surface area is 164 Å². The van der Waals surface area contributed by atoms with Crippen molar-refractivity contribution in [1.29, 1.82) is 0 Å². The van der Waals surface area contributed by atoms with Crippen LogP contribution >= 0.6 is 0 Å². The van der Waals surface area contributed by atoms with Crippen LogP contribution in [0.25, 0.3) is 0 Å². The molecule has 148 valence electrons. The van der Waals surface area contributed by atoms with E-state index in [0.717, 1.165) is 12.1 Å². The van der Waals surface area contributed by atoms with Gasteiger partial charge >= 0.3 is 0 Å². The minimum absolute atomic E-state index is 0.0495. The standard InChI is InChI=1S/C22H25FN2O3/c1-4-15-5-8-18(9-6-15)25-14-17(12-21(25)26)22(27)24(2)13-16-7-10-20(28-3)19(23)11-16/h5-11,17H,4,12-14H2,1-3H3. The molecule has 1 fully saturated rings. The first-order chi connectivity index (χ1) is 13.4. The van der Waals surface area contributed by atoms with Crippen LogP contribution in [0.15, 0.2) is 42.5 Å². The highest BCUT2D eigenvalue weighted by atomic mass is 19.1. The van der Waals surface area contributed by atoms with Gasteiger partial charge in [0.25, 0.3) is 0 Å². The number of hydrogen-bond acceptors (Lipinski definition) is 3. The summed E-state index contributed by atoms with van der Waals surface area (Å²) in [4.78, 5) is 28.5. The van der Waals surface area contributed by atoms with Crippen molar-refractivity contribution in [2.45, 2.75) is 26.3 Å². The van der Waals surface area contributed by atoms with Gasteiger partial charge < -0.3 is 14.5 Å². The van der Waals surface area contributed by atoms with Crippen LogP contribution in [0.1, 0.15) is 24.5 Å².